The fourth-order valence-electron chi connectivity index (χ4n) is 5.29. The number of Topliss-reactive ketones (excluding diaryl/α,β-unsaturated/α-hetero) is 1. The molecular formula is C32H22Cl2N2O5. The molecule has 1 aliphatic heterocycles. The van der Waals surface area contributed by atoms with Crippen LogP contribution in [0, 0.1) is 11.8 Å². The van der Waals surface area contributed by atoms with Gasteiger partial charge in [0.15, 0.2) is 12.4 Å². The molecule has 7 nitrogen and oxygen atoms in total. The van der Waals surface area contributed by atoms with Crippen LogP contribution in [0.3, 0.4) is 0 Å². The van der Waals surface area contributed by atoms with Gasteiger partial charge in [0, 0.05) is 21.5 Å². The highest BCUT2D eigenvalue weighted by atomic mass is 35.5. The number of halogens is 2. The lowest BCUT2D eigenvalue weighted by atomic mass is 9.85. The minimum absolute atomic E-state index is 0.189. The third-order valence-corrected chi connectivity index (χ3v) is 8.00. The predicted octanol–water partition coefficient (Wildman–Crippen LogP) is 6.70. The lowest BCUT2D eigenvalue weighted by Gasteiger charge is -2.16. The van der Waals surface area contributed by atoms with Crippen LogP contribution in [0.1, 0.15) is 33.6 Å². The maximum atomic E-state index is 13.2. The number of pyridine rings is 1. The Morgan fingerprint density at radius 2 is 1.54 bits per heavy atom. The first-order valence-corrected chi connectivity index (χ1v) is 13.8. The minimum Gasteiger partial charge on any atom is -0.454 e. The summed E-state index contributed by atoms with van der Waals surface area (Å²) in [6, 6.07) is 19.8. The first-order chi connectivity index (χ1) is 19.8. The van der Waals surface area contributed by atoms with Crippen LogP contribution < -0.4 is 4.90 Å². The van der Waals surface area contributed by atoms with Gasteiger partial charge in [-0.15, -0.1) is 0 Å². The number of imide groups is 1. The van der Waals surface area contributed by atoms with E-state index >= 15 is 0 Å². The van der Waals surface area contributed by atoms with Gasteiger partial charge in [-0.1, -0.05) is 59.6 Å². The molecule has 0 saturated carbocycles. The van der Waals surface area contributed by atoms with Crippen molar-refractivity contribution in [2.45, 2.75) is 12.8 Å². The van der Waals surface area contributed by atoms with Crippen molar-refractivity contribution in [3.8, 4) is 11.3 Å². The maximum absolute atomic E-state index is 13.2. The minimum atomic E-state index is -0.704. The zero-order valence-corrected chi connectivity index (χ0v) is 23.1. The Bertz CT molecular complexity index is 1720. The molecule has 0 unspecified atom stereocenters. The molecule has 2 heterocycles. The van der Waals surface area contributed by atoms with E-state index in [1.54, 1.807) is 72.8 Å². The third kappa shape index (κ3) is 5.03. The van der Waals surface area contributed by atoms with Gasteiger partial charge in [0.05, 0.1) is 39.3 Å². The van der Waals surface area contributed by atoms with Gasteiger partial charge in [0.25, 0.3) is 0 Å². The molecule has 0 spiro atoms. The number of amides is 2. The molecule has 6 rings (SSSR count). The van der Waals surface area contributed by atoms with E-state index in [0.29, 0.717) is 56.3 Å². The number of rotatable bonds is 6. The van der Waals surface area contributed by atoms with Crippen LogP contribution in [-0.2, 0) is 14.3 Å². The summed E-state index contributed by atoms with van der Waals surface area (Å²) in [5.41, 5.74) is 2.52. The van der Waals surface area contributed by atoms with Crippen LogP contribution in [0.15, 0.2) is 84.9 Å². The van der Waals surface area contributed by atoms with Crippen molar-refractivity contribution in [2.24, 2.45) is 11.8 Å². The van der Waals surface area contributed by atoms with E-state index in [0.717, 1.165) is 0 Å². The first-order valence-electron chi connectivity index (χ1n) is 13.0. The second-order valence-corrected chi connectivity index (χ2v) is 10.8. The molecule has 41 heavy (non-hydrogen) atoms. The SMILES string of the molecule is O=C(COC(=O)c1cc(-c2ccc(N3C(=O)[C@@H]4CC=CC[C@H]4C3=O)cc2)nc2c(Cl)cccc12)c1ccc(Cl)cc1. The number of ether oxygens (including phenoxy) is 1. The van der Waals surface area contributed by atoms with Crippen molar-refractivity contribution in [1.82, 2.24) is 4.98 Å². The van der Waals surface area contributed by atoms with Gasteiger partial charge in [-0.05, 0) is 61.4 Å². The number of benzene rings is 3. The van der Waals surface area contributed by atoms with Crippen LogP contribution >= 0.6 is 23.2 Å². The summed E-state index contributed by atoms with van der Waals surface area (Å²) < 4.78 is 5.39. The van der Waals surface area contributed by atoms with E-state index < -0.39 is 12.6 Å². The molecule has 9 heteroatoms. The molecule has 3 aromatic carbocycles. The molecule has 1 saturated heterocycles. The molecule has 2 aliphatic rings. The van der Waals surface area contributed by atoms with E-state index in [1.807, 2.05) is 12.2 Å². The van der Waals surface area contributed by atoms with Crippen molar-refractivity contribution < 1.29 is 23.9 Å². The number of anilines is 1. The number of esters is 1. The molecule has 0 N–H and O–H groups in total. The number of carbonyl (C=O) groups excluding carboxylic acids is 4. The number of fused-ring (bicyclic) bond motifs is 2. The molecule has 1 fully saturated rings. The molecule has 1 aliphatic carbocycles. The summed E-state index contributed by atoms with van der Waals surface area (Å²) in [6.45, 7) is -0.454. The fraction of sp³-hybridized carbons (Fsp3) is 0.156. The predicted molar refractivity (Wildman–Crippen MR) is 156 cm³/mol. The zero-order chi connectivity index (χ0) is 28.7. The van der Waals surface area contributed by atoms with Gasteiger partial charge in [-0.2, -0.15) is 0 Å². The highest BCUT2D eigenvalue weighted by Crippen LogP contribution is 2.38. The quantitative estimate of drug-likeness (QED) is 0.108. The van der Waals surface area contributed by atoms with Gasteiger partial charge in [-0.3, -0.25) is 19.3 Å². The number of ketones is 1. The Morgan fingerprint density at radius 1 is 0.878 bits per heavy atom. The monoisotopic (exact) mass is 584 g/mol. The van der Waals surface area contributed by atoms with E-state index in [-0.39, 0.29) is 35.0 Å². The number of aromatic nitrogens is 1. The number of nitrogens with zero attached hydrogens (tertiary/aromatic N) is 2. The van der Waals surface area contributed by atoms with Gasteiger partial charge in [0.2, 0.25) is 11.8 Å². The van der Waals surface area contributed by atoms with E-state index in [9.17, 15) is 19.2 Å². The topological polar surface area (TPSA) is 93.6 Å². The first kappa shape index (κ1) is 26.9. The molecule has 0 radical (unpaired) electrons. The van der Waals surface area contributed by atoms with E-state index in [2.05, 4.69) is 4.98 Å². The summed E-state index contributed by atoms with van der Waals surface area (Å²) in [5.74, 6) is -2.10. The Balaban J connectivity index is 1.29. The molecule has 204 valence electrons. The van der Waals surface area contributed by atoms with Crippen LogP contribution in [-0.4, -0.2) is 35.2 Å². The maximum Gasteiger partial charge on any atom is 0.339 e. The molecular weight excluding hydrogens is 563 g/mol. The fourth-order valence-corrected chi connectivity index (χ4v) is 5.64. The van der Waals surface area contributed by atoms with Crippen LogP contribution in [0.5, 0.6) is 0 Å². The van der Waals surface area contributed by atoms with Crippen LogP contribution in [0.25, 0.3) is 22.2 Å². The lowest BCUT2D eigenvalue weighted by Crippen LogP contribution is -2.30. The zero-order valence-electron chi connectivity index (χ0n) is 21.6. The second-order valence-electron chi connectivity index (χ2n) is 9.91. The average Bonchev–Trinajstić information content (AvgIpc) is 3.25. The third-order valence-electron chi connectivity index (χ3n) is 7.44. The smallest absolute Gasteiger partial charge is 0.339 e. The van der Waals surface area contributed by atoms with Gasteiger partial charge < -0.3 is 4.74 Å². The Labute approximate surface area is 245 Å². The molecule has 1 aromatic heterocycles. The lowest BCUT2D eigenvalue weighted by molar-refractivity contribution is -0.122. The van der Waals surface area contributed by atoms with Crippen molar-refractivity contribution in [2.75, 3.05) is 11.5 Å². The number of hydrogen-bond donors (Lipinski definition) is 0. The van der Waals surface area contributed by atoms with E-state index in [4.69, 9.17) is 27.9 Å². The summed E-state index contributed by atoms with van der Waals surface area (Å²) in [5, 5.41) is 1.32. The average molecular weight is 585 g/mol. The summed E-state index contributed by atoms with van der Waals surface area (Å²) in [4.78, 5) is 57.7. The summed E-state index contributed by atoms with van der Waals surface area (Å²) in [7, 11) is 0. The van der Waals surface area contributed by atoms with E-state index in [1.165, 1.54) is 4.90 Å². The van der Waals surface area contributed by atoms with Crippen molar-refractivity contribution in [3.63, 3.8) is 0 Å². The van der Waals surface area contributed by atoms with Crippen LogP contribution in [0.4, 0.5) is 5.69 Å². The van der Waals surface area contributed by atoms with Crippen molar-refractivity contribution >= 4 is 63.4 Å². The van der Waals surface area contributed by atoms with Crippen LogP contribution in [0.2, 0.25) is 10.0 Å². The van der Waals surface area contributed by atoms with Crippen molar-refractivity contribution in [3.05, 3.63) is 106 Å². The Morgan fingerprint density at radius 3 is 2.20 bits per heavy atom. The largest absolute Gasteiger partial charge is 0.454 e. The van der Waals surface area contributed by atoms with Crippen molar-refractivity contribution in [1.29, 1.82) is 0 Å². The highest BCUT2D eigenvalue weighted by molar-refractivity contribution is 6.35. The molecule has 2 amide bonds. The van der Waals surface area contributed by atoms with Gasteiger partial charge in [0.1, 0.15) is 0 Å². The number of carbonyl (C=O) groups is 4. The number of para-hydroxylation sites is 1. The number of hydrogen-bond acceptors (Lipinski definition) is 6. The summed E-state index contributed by atoms with van der Waals surface area (Å²) >= 11 is 12.3. The summed E-state index contributed by atoms with van der Waals surface area (Å²) in [6.07, 6.45) is 5.03. The normalized spacial score (nSPS) is 18.0. The Hall–Kier alpha value is -4.33. The molecule has 0 bridgehead atoms. The highest BCUT2D eigenvalue weighted by Gasteiger charge is 2.47. The Kier molecular flexibility index (Phi) is 7.15. The van der Waals surface area contributed by atoms with Gasteiger partial charge >= 0.3 is 5.97 Å². The standard InChI is InChI=1S/C32H22Cl2N2O5/c33-20-12-8-19(9-13-20)28(37)17-41-32(40)25-16-27(35-29-22(25)6-3-7-26(29)34)18-10-14-21(15-11-18)36-30(38)23-4-1-2-5-24(23)31(36)39/h1-3,6-16,23-24H,4-5,17H2/t23-,24-/m1/s1. The number of allylic oxidation sites excluding steroid dienone is 2. The molecule has 2 atom stereocenters. The second kappa shape index (κ2) is 10.9. The van der Waals surface area contributed by atoms with Gasteiger partial charge in [-0.25, -0.2) is 9.78 Å². The molecule has 4 aromatic rings.